The van der Waals surface area contributed by atoms with Crippen molar-refractivity contribution in [2.24, 2.45) is 0 Å². The number of hydrogen-bond acceptors (Lipinski definition) is 0. The zero-order valence-corrected chi connectivity index (χ0v) is 9.95. The minimum absolute atomic E-state index is 0. The van der Waals surface area contributed by atoms with Gasteiger partial charge < -0.3 is 16.9 Å². The SMILES string of the molecule is CCCCC[N+]1(C)CCCCC1.[Cl-]. The van der Waals surface area contributed by atoms with E-state index in [1.807, 2.05) is 0 Å². The van der Waals surface area contributed by atoms with Crippen LogP contribution in [0.2, 0.25) is 0 Å². The van der Waals surface area contributed by atoms with E-state index in [2.05, 4.69) is 14.0 Å². The molecule has 1 aliphatic heterocycles. The number of likely N-dealkylation sites (tertiary alicyclic amines) is 1. The van der Waals surface area contributed by atoms with E-state index >= 15 is 0 Å². The van der Waals surface area contributed by atoms with Gasteiger partial charge in [0.2, 0.25) is 0 Å². The van der Waals surface area contributed by atoms with Gasteiger partial charge in [0.1, 0.15) is 0 Å². The Labute approximate surface area is 89.5 Å². The summed E-state index contributed by atoms with van der Waals surface area (Å²) in [4.78, 5) is 0. The molecule has 0 amide bonds. The third-order valence-electron chi connectivity index (χ3n) is 3.20. The van der Waals surface area contributed by atoms with Crippen molar-refractivity contribution in [2.75, 3.05) is 26.7 Å². The maximum atomic E-state index is 2.44. The Morgan fingerprint density at radius 1 is 1.00 bits per heavy atom. The number of quaternary nitrogens is 1. The van der Waals surface area contributed by atoms with Crippen molar-refractivity contribution in [3.8, 4) is 0 Å². The van der Waals surface area contributed by atoms with Crippen molar-refractivity contribution >= 4 is 0 Å². The molecule has 0 saturated carbocycles. The van der Waals surface area contributed by atoms with E-state index in [4.69, 9.17) is 0 Å². The molecule has 0 atom stereocenters. The van der Waals surface area contributed by atoms with E-state index in [9.17, 15) is 0 Å². The second-order valence-electron chi connectivity index (χ2n) is 4.56. The number of unbranched alkanes of at least 4 members (excludes halogenated alkanes) is 2. The monoisotopic (exact) mass is 205 g/mol. The lowest BCUT2D eigenvalue weighted by molar-refractivity contribution is -0.914. The summed E-state index contributed by atoms with van der Waals surface area (Å²) in [6.07, 6.45) is 8.62. The third kappa shape index (κ3) is 4.87. The van der Waals surface area contributed by atoms with Crippen molar-refractivity contribution < 1.29 is 16.9 Å². The molecule has 1 aliphatic rings. The Kier molecular flexibility index (Phi) is 6.79. The Bertz CT molecular complexity index is 119. The summed E-state index contributed by atoms with van der Waals surface area (Å²) < 4.78 is 1.36. The summed E-state index contributed by atoms with van der Waals surface area (Å²) >= 11 is 0. The van der Waals surface area contributed by atoms with Gasteiger partial charge in [-0.25, -0.2) is 0 Å². The standard InChI is InChI=1S/C11H24N.ClH/c1-3-4-6-9-12(2)10-7-5-8-11-12;/h3-11H2,1-2H3;1H/q+1;/p-1. The molecule has 0 spiro atoms. The molecule has 0 N–H and O–H groups in total. The first-order valence-electron chi connectivity index (χ1n) is 5.60. The van der Waals surface area contributed by atoms with Crippen molar-refractivity contribution in [2.45, 2.75) is 45.4 Å². The largest absolute Gasteiger partial charge is 1.00 e. The van der Waals surface area contributed by atoms with Crippen LogP contribution in [0.3, 0.4) is 0 Å². The highest BCUT2D eigenvalue weighted by molar-refractivity contribution is 4.51. The van der Waals surface area contributed by atoms with Gasteiger partial charge >= 0.3 is 0 Å². The fourth-order valence-electron chi connectivity index (χ4n) is 2.24. The average molecular weight is 206 g/mol. The zero-order chi connectivity index (χ0) is 8.86. The predicted octanol–water partition coefficient (Wildman–Crippen LogP) is -0.189. The summed E-state index contributed by atoms with van der Waals surface area (Å²) in [7, 11) is 2.44. The van der Waals surface area contributed by atoms with Gasteiger partial charge in [0.05, 0.1) is 26.7 Å². The van der Waals surface area contributed by atoms with Crippen LogP contribution in [0.5, 0.6) is 0 Å². The normalized spacial score (nSPS) is 20.8. The average Bonchev–Trinajstić information content (AvgIpc) is 2.06. The van der Waals surface area contributed by atoms with Crippen LogP contribution in [0.15, 0.2) is 0 Å². The Morgan fingerprint density at radius 2 is 1.62 bits per heavy atom. The smallest absolute Gasteiger partial charge is 0.0784 e. The molecule has 0 aromatic rings. The molecule has 80 valence electrons. The zero-order valence-electron chi connectivity index (χ0n) is 9.19. The molecule has 13 heavy (non-hydrogen) atoms. The van der Waals surface area contributed by atoms with Crippen LogP contribution in [0.1, 0.15) is 45.4 Å². The van der Waals surface area contributed by atoms with Gasteiger partial charge in [0.25, 0.3) is 0 Å². The summed E-state index contributed by atoms with van der Waals surface area (Å²) in [6, 6.07) is 0. The topological polar surface area (TPSA) is 0 Å². The van der Waals surface area contributed by atoms with Crippen LogP contribution < -0.4 is 12.4 Å². The van der Waals surface area contributed by atoms with E-state index in [0.717, 1.165) is 0 Å². The van der Waals surface area contributed by atoms with Crippen molar-refractivity contribution in [3.05, 3.63) is 0 Å². The van der Waals surface area contributed by atoms with Gasteiger partial charge in [-0.05, 0) is 32.1 Å². The molecule has 0 aromatic heterocycles. The molecular formula is C11H24ClN. The number of rotatable bonds is 4. The van der Waals surface area contributed by atoms with E-state index < -0.39 is 0 Å². The van der Waals surface area contributed by atoms with Gasteiger partial charge in [-0.2, -0.15) is 0 Å². The fraction of sp³-hybridized carbons (Fsp3) is 1.00. The van der Waals surface area contributed by atoms with Crippen LogP contribution in [0.25, 0.3) is 0 Å². The molecule has 0 unspecified atom stereocenters. The van der Waals surface area contributed by atoms with E-state index in [-0.39, 0.29) is 12.4 Å². The van der Waals surface area contributed by atoms with E-state index in [0.29, 0.717) is 0 Å². The molecule has 1 saturated heterocycles. The number of hydrogen-bond donors (Lipinski definition) is 0. The van der Waals surface area contributed by atoms with Gasteiger partial charge in [-0.15, -0.1) is 0 Å². The molecule has 1 nitrogen and oxygen atoms in total. The molecule has 0 radical (unpaired) electrons. The number of piperidine rings is 1. The van der Waals surface area contributed by atoms with Gasteiger partial charge in [-0.3, -0.25) is 0 Å². The summed E-state index contributed by atoms with van der Waals surface area (Å²) in [5.41, 5.74) is 0. The number of nitrogens with zero attached hydrogens (tertiary/aromatic N) is 1. The highest BCUT2D eigenvalue weighted by Crippen LogP contribution is 2.17. The van der Waals surface area contributed by atoms with Gasteiger partial charge in [0, 0.05) is 0 Å². The first-order valence-corrected chi connectivity index (χ1v) is 5.60. The quantitative estimate of drug-likeness (QED) is 0.441. The molecular weight excluding hydrogens is 182 g/mol. The molecule has 0 bridgehead atoms. The first-order chi connectivity index (χ1) is 5.77. The van der Waals surface area contributed by atoms with Crippen LogP contribution in [0, 0.1) is 0 Å². The van der Waals surface area contributed by atoms with Gasteiger partial charge in [-0.1, -0.05) is 13.3 Å². The number of halogens is 1. The minimum Gasteiger partial charge on any atom is -1.00 e. The molecule has 0 aliphatic carbocycles. The van der Waals surface area contributed by atoms with Crippen LogP contribution in [-0.2, 0) is 0 Å². The van der Waals surface area contributed by atoms with E-state index in [1.54, 1.807) is 0 Å². The second kappa shape index (κ2) is 6.67. The maximum absolute atomic E-state index is 2.44. The lowest BCUT2D eigenvalue weighted by atomic mass is 10.1. The highest BCUT2D eigenvalue weighted by atomic mass is 35.5. The third-order valence-corrected chi connectivity index (χ3v) is 3.20. The molecule has 1 heterocycles. The van der Waals surface area contributed by atoms with Crippen molar-refractivity contribution in [1.29, 1.82) is 0 Å². The lowest BCUT2D eigenvalue weighted by Crippen LogP contribution is -3.00. The molecule has 0 aromatic carbocycles. The summed E-state index contributed by atoms with van der Waals surface area (Å²) in [5.74, 6) is 0. The van der Waals surface area contributed by atoms with Crippen LogP contribution in [-0.4, -0.2) is 31.2 Å². The summed E-state index contributed by atoms with van der Waals surface area (Å²) in [6.45, 7) is 6.58. The Balaban J connectivity index is 0.00000144. The van der Waals surface area contributed by atoms with Crippen LogP contribution >= 0.6 is 0 Å². The van der Waals surface area contributed by atoms with Crippen molar-refractivity contribution in [3.63, 3.8) is 0 Å². The van der Waals surface area contributed by atoms with Crippen LogP contribution in [0.4, 0.5) is 0 Å². The minimum atomic E-state index is 0. The molecule has 1 fully saturated rings. The second-order valence-corrected chi connectivity index (χ2v) is 4.56. The Morgan fingerprint density at radius 3 is 2.15 bits per heavy atom. The van der Waals surface area contributed by atoms with Crippen molar-refractivity contribution in [1.82, 2.24) is 0 Å². The van der Waals surface area contributed by atoms with Gasteiger partial charge in [0.15, 0.2) is 0 Å². The summed E-state index contributed by atoms with van der Waals surface area (Å²) in [5, 5.41) is 0. The van der Waals surface area contributed by atoms with E-state index in [1.165, 1.54) is 62.6 Å². The predicted molar refractivity (Wildman–Crippen MR) is 54.2 cm³/mol. The highest BCUT2D eigenvalue weighted by Gasteiger charge is 2.23. The molecule has 2 heteroatoms. The first kappa shape index (κ1) is 13.2. The fourth-order valence-corrected chi connectivity index (χ4v) is 2.24. The maximum Gasteiger partial charge on any atom is 0.0784 e. The lowest BCUT2D eigenvalue weighted by Gasteiger charge is -2.37. The molecule has 1 rings (SSSR count). The Hall–Kier alpha value is 0.250.